The Balaban J connectivity index is 0.000001000. The van der Waals surface area contributed by atoms with Crippen LogP contribution in [0.5, 0.6) is 5.75 Å². The van der Waals surface area contributed by atoms with Gasteiger partial charge < -0.3 is 15.2 Å². The van der Waals surface area contributed by atoms with E-state index in [0.717, 1.165) is 0 Å². The van der Waals surface area contributed by atoms with Crippen molar-refractivity contribution in [3.63, 3.8) is 0 Å². The minimum Gasteiger partial charge on any atom is -0.508 e. The van der Waals surface area contributed by atoms with Gasteiger partial charge in [0, 0.05) is 0 Å². The van der Waals surface area contributed by atoms with Crippen LogP contribution in [-0.2, 0) is 0 Å². The maximum Gasteiger partial charge on any atom is 0.488 e. The highest BCUT2D eigenvalue weighted by atomic mass is 35.5. The van der Waals surface area contributed by atoms with Crippen molar-refractivity contribution in [2.45, 2.75) is 0 Å². The van der Waals surface area contributed by atoms with Crippen LogP contribution in [0.25, 0.3) is 0 Å². The van der Waals surface area contributed by atoms with E-state index in [1.807, 2.05) is 0 Å². The Bertz CT molecular complexity index is 229. The highest BCUT2D eigenvalue weighted by Gasteiger charge is 2.09. The van der Waals surface area contributed by atoms with Crippen LogP contribution >= 0.6 is 12.4 Å². The molecule has 0 atom stereocenters. The fourth-order valence-corrected chi connectivity index (χ4v) is 0.685. The van der Waals surface area contributed by atoms with Gasteiger partial charge in [0.2, 0.25) is 0 Å². The minimum absolute atomic E-state index is 0. The van der Waals surface area contributed by atoms with Crippen molar-refractivity contribution in [2.24, 2.45) is 0 Å². The van der Waals surface area contributed by atoms with Crippen molar-refractivity contribution >= 4 is 25.0 Å². The minimum atomic E-state index is -1.51. The molecule has 3 nitrogen and oxygen atoms in total. The third kappa shape index (κ3) is 2.80. The second-order valence-electron chi connectivity index (χ2n) is 1.97. The molecular formula is C6H8BClO3. The first-order chi connectivity index (χ1) is 4.70. The first-order valence-electron chi connectivity index (χ1n) is 2.85. The van der Waals surface area contributed by atoms with Gasteiger partial charge in [0.05, 0.1) is 0 Å². The highest BCUT2D eigenvalue weighted by Crippen LogP contribution is 2.02. The summed E-state index contributed by atoms with van der Waals surface area (Å²) in [6.07, 6.45) is 0. The van der Waals surface area contributed by atoms with Gasteiger partial charge in [0.1, 0.15) is 5.75 Å². The number of halogens is 1. The maximum absolute atomic E-state index is 8.84. The second-order valence-corrected chi connectivity index (χ2v) is 1.97. The molecule has 0 heterocycles. The quantitative estimate of drug-likeness (QED) is 0.503. The van der Waals surface area contributed by atoms with Gasteiger partial charge in [-0.3, -0.25) is 0 Å². The van der Waals surface area contributed by atoms with Gasteiger partial charge in [0.15, 0.2) is 0 Å². The molecule has 1 aromatic rings. The molecule has 5 heteroatoms. The summed E-state index contributed by atoms with van der Waals surface area (Å²) in [7, 11) is -1.51. The molecule has 0 saturated heterocycles. The van der Waals surface area contributed by atoms with Gasteiger partial charge >= 0.3 is 7.12 Å². The average Bonchev–Trinajstić information content (AvgIpc) is 1.88. The molecule has 1 aromatic carbocycles. The molecule has 3 N–H and O–H groups in total. The van der Waals surface area contributed by atoms with E-state index in [0.29, 0.717) is 5.46 Å². The summed E-state index contributed by atoms with van der Waals surface area (Å²) in [5, 5.41) is 26.0. The van der Waals surface area contributed by atoms with E-state index >= 15 is 0 Å². The Labute approximate surface area is 70.9 Å². The standard InChI is InChI=1S/C6H7BO3.ClH/c8-6-3-1-2-5(4-6)7(9)10;/h1-4,8-10H;1H. The SMILES string of the molecule is Cl.OB(O)c1cccc(O)c1. The van der Waals surface area contributed by atoms with Crippen LogP contribution in [0.2, 0.25) is 0 Å². The molecule has 0 spiro atoms. The van der Waals surface area contributed by atoms with Gasteiger partial charge in [-0.25, -0.2) is 0 Å². The third-order valence-electron chi connectivity index (χ3n) is 1.17. The molecule has 0 radical (unpaired) electrons. The Morgan fingerprint density at radius 3 is 2.18 bits per heavy atom. The van der Waals surface area contributed by atoms with Crippen molar-refractivity contribution < 1.29 is 15.2 Å². The van der Waals surface area contributed by atoms with Gasteiger partial charge in [-0.1, -0.05) is 12.1 Å². The van der Waals surface area contributed by atoms with Crippen LogP contribution in [0.1, 0.15) is 0 Å². The van der Waals surface area contributed by atoms with Crippen LogP contribution < -0.4 is 5.46 Å². The number of rotatable bonds is 1. The van der Waals surface area contributed by atoms with Crippen LogP contribution in [0.3, 0.4) is 0 Å². The number of hydrogen-bond donors (Lipinski definition) is 3. The number of aromatic hydroxyl groups is 1. The molecule has 0 amide bonds. The van der Waals surface area contributed by atoms with Gasteiger partial charge in [-0.2, -0.15) is 0 Å². The lowest BCUT2D eigenvalue weighted by Gasteiger charge is -1.97. The first-order valence-corrected chi connectivity index (χ1v) is 2.85. The van der Waals surface area contributed by atoms with Gasteiger partial charge in [-0.15, -0.1) is 12.4 Å². The molecule has 0 saturated carbocycles. The summed E-state index contributed by atoms with van der Waals surface area (Å²) in [5.74, 6) is 0.0330. The predicted octanol–water partition coefficient (Wildman–Crippen LogP) is -0.506. The lowest BCUT2D eigenvalue weighted by Crippen LogP contribution is -2.29. The molecule has 60 valence electrons. The number of benzene rings is 1. The molecule has 0 bridgehead atoms. The van der Waals surface area contributed by atoms with Crippen molar-refractivity contribution in [2.75, 3.05) is 0 Å². The molecule has 0 aromatic heterocycles. The molecule has 0 aliphatic carbocycles. The van der Waals surface area contributed by atoms with Crippen molar-refractivity contribution in [3.8, 4) is 5.75 Å². The summed E-state index contributed by atoms with van der Waals surface area (Å²) in [5.41, 5.74) is 0.292. The second kappa shape index (κ2) is 4.23. The third-order valence-corrected chi connectivity index (χ3v) is 1.17. The van der Waals surface area contributed by atoms with E-state index in [1.54, 1.807) is 6.07 Å². The zero-order valence-corrected chi connectivity index (χ0v) is 6.45. The van der Waals surface area contributed by atoms with Crippen LogP contribution in [0, 0.1) is 0 Å². The Morgan fingerprint density at radius 1 is 1.18 bits per heavy atom. The van der Waals surface area contributed by atoms with Crippen molar-refractivity contribution in [1.29, 1.82) is 0 Å². The first kappa shape index (κ1) is 10.3. The lowest BCUT2D eigenvalue weighted by molar-refractivity contribution is 0.424. The predicted molar refractivity (Wildman–Crippen MR) is 45.2 cm³/mol. The average molecular weight is 174 g/mol. The fourth-order valence-electron chi connectivity index (χ4n) is 0.685. The van der Waals surface area contributed by atoms with E-state index in [9.17, 15) is 0 Å². The van der Waals surface area contributed by atoms with Gasteiger partial charge in [-0.05, 0) is 17.6 Å². The summed E-state index contributed by atoms with van der Waals surface area (Å²) in [4.78, 5) is 0. The van der Waals surface area contributed by atoms with E-state index in [2.05, 4.69) is 0 Å². The van der Waals surface area contributed by atoms with Crippen LogP contribution in [-0.4, -0.2) is 22.3 Å². The smallest absolute Gasteiger partial charge is 0.488 e. The molecule has 0 unspecified atom stereocenters. The zero-order chi connectivity index (χ0) is 7.56. The molecule has 0 aliphatic rings. The summed E-state index contributed by atoms with van der Waals surface area (Å²) in [6, 6.07) is 5.82. The molecular weight excluding hydrogens is 166 g/mol. The van der Waals surface area contributed by atoms with E-state index in [1.165, 1.54) is 18.2 Å². The normalized spacial score (nSPS) is 8.55. The van der Waals surface area contributed by atoms with E-state index in [-0.39, 0.29) is 18.2 Å². The lowest BCUT2D eigenvalue weighted by atomic mass is 9.80. The zero-order valence-electron chi connectivity index (χ0n) is 5.64. The van der Waals surface area contributed by atoms with Gasteiger partial charge in [0.25, 0.3) is 0 Å². The van der Waals surface area contributed by atoms with Crippen LogP contribution in [0.4, 0.5) is 0 Å². The summed E-state index contributed by atoms with van der Waals surface area (Å²) in [6.45, 7) is 0. The topological polar surface area (TPSA) is 60.7 Å². The van der Waals surface area contributed by atoms with Crippen molar-refractivity contribution in [3.05, 3.63) is 24.3 Å². The van der Waals surface area contributed by atoms with E-state index < -0.39 is 7.12 Å². The molecule has 1 rings (SSSR count). The molecule has 11 heavy (non-hydrogen) atoms. The Kier molecular flexibility index (Phi) is 3.96. The van der Waals surface area contributed by atoms with Crippen molar-refractivity contribution in [1.82, 2.24) is 0 Å². The van der Waals surface area contributed by atoms with Crippen LogP contribution in [0.15, 0.2) is 24.3 Å². The largest absolute Gasteiger partial charge is 0.508 e. The number of phenols is 1. The Hall–Kier alpha value is -0.705. The monoisotopic (exact) mass is 174 g/mol. The fraction of sp³-hybridized carbons (Fsp3) is 0. The number of phenolic OH excluding ortho intramolecular Hbond substituents is 1. The summed E-state index contributed by atoms with van der Waals surface area (Å²) >= 11 is 0. The summed E-state index contributed by atoms with van der Waals surface area (Å²) < 4.78 is 0. The molecule has 0 fully saturated rings. The highest BCUT2D eigenvalue weighted by molar-refractivity contribution is 6.58. The maximum atomic E-state index is 8.84. The Morgan fingerprint density at radius 2 is 1.82 bits per heavy atom. The van der Waals surface area contributed by atoms with E-state index in [4.69, 9.17) is 15.2 Å². The number of hydrogen-bond acceptors (Lipinski definition) is 3. The molecule has 0 aliphatic heterocycles.